The second-order valence-electron chi connectivity index (χ2n) is 20.0. The van der Waals surface area contributed by atoms with Crippen LogP contribution in [0.1, 0.15) is 26.3 Å². The van der Waals surface area contributed by atoms with Crippen LogP contribution in [-0.2, 0) is 5.41 Å². The number of fused-ring (bicyclic) bond motifs is 13. The summed E-state index contributed by atoms with van der Waals surface area (Å²) in [4.78, 5) is 8.56. The Morgan fingerprint density at radius 1 is 0.535 bits per heavy atom. The third-order valence-electron chi connectivity index (χ3n) is 14.9. The van der Waals surface area contributed by atoms with Crippen LogP contribution < -0.4 is 25.5 Å². The highest BCUT2D eigenvalue weighted by atomic mass is 32.2. The monoisotopic (exact) mass is 945 g/mol. The Morgan fingerprint density at radius 2 is 1.23 bits per heavy atom. The van der Waals surface area contributed by atoms with Crippen LogP contribution in [0, 0.1) is 0 Å². The first-order chi connectivity index (χ1) is 34.9. The Labute approximate surface area is 421 Å². The molecule has 4 nitrogen and oxygen atoms in total. The maximum Gasteiger partial charge on any atom is 0.333 e. The van der Waals surface area contributed by atoms with E-state index in [4.69, 9.17) is 4.74 Å². The van der Waals surface area contributed by atoms with E-state index in [1.165, 1.54) is 86.4 Å². The van der Waals surface area contributed by atoms with E-state index in [2.05, 4.69) is 247 Å². The number of nitrogens with zero attached hydrogens (tertiary/aromatic N) is 3. The Hall–Kier alpha value is -7.97. The molecule has 5 heterocycles. The van der Waals surface area contributed by atoms with Crippen molar-refractivity contribution in [2.45, 2.75) is 36.0 Å². The van der Waals surface area contributed by atoms with Gasteiger partial charge in [0.15, 0.2) is 0 Å². The van der Waals surface area contributed by atoms with E-state index < -0.39 is 0 Å². The molecule has 10 aromatic carbocycles. The van der Waals surface area contributed by atoms with Gasteiger partial charge in [-0.1, -0.05) is 166 Å². The second kappa shape index (κ2) is 15.3. The Balaban J connectivity index is 1.11. The molecule has 0 fully saturated rings. The van der Waals surface area contributed by atoms with E-state index in [-0.39, 0.29) is 12.3 Å². The number of para-hydroxylation sites is 3. The molecule has 15 rings (SSSR count). The maximum absolute atomic E-state index is 6.95. The lowest BCUT2D eigenvalue weighted by Crippen LogP contribution is -2.56. The third kappa shape index (κ3) is 6.00. The average Bonchev–Trinajstić information content (AvgIpc) is 3.95. The molecule has 12 aromatic rings. The largest absolute Gasteiger partial charge is 0.455 e. The standard InChI is InChI=1S/C64H44BN3OS2/c1-64(2,3)41-31-33-49(47(36-41)39-19-7-4-8-20-39)67-51-38-54-57(70-56-30-18-16-28-53(56)69-54)37-48(51)65-61-52(67)35-40-21-13-14-26-44(40)58(61)46-32-34-50(66(42-22-9-5-10-23-42)43-24-11-6-12-25-43)60-59-45-27-15-17-29-55(45)71-63(59)68(65)62(46)60/h4-38H,1-3H3. The molecule has 0 radical (unpaired) electrons. The number of aromatic nitrogens is 1. The van der Waals surface area contributed by atoms with Gasteiger partial charge in [-0.25, -0.2) is 0 Å². The highest BCUT2D eigenvalue weighted by Crippen LogP contribution is 2.56. The molecule has 71 heavy (non-hydrogen) atoms. The highest BCUT2D eigenvalue weighted by Gasteiger charge is 2.46. The molecule has 0 N–H and O–H groups in total. The minimum atomic E-state index is -0.175. The average molecular weight is 946 g/mol. The maximum atomic E-state index is 6.95. The van der Waals surface area contributed by atoms with Crippen LogP contribution in [0.4, 0.5) is 34.1 Å². The van der Waals surface area contributed by atoms with Gasteiger partial charge < -0.3 is 19.0 Å². The molecule has 0 unspecified atom stereocenters. The number of rotatable bonds is 5. The van der Waals surface area contributed by atoms with Gasteiger partial charge in [0.2, 0.25) is 0 Å². The van der Waals surface area contributed by atoms with Gasteiger partial charge in [-0.2, -0.15) is 0 Å². The summed E-state index contributed by atoms with van der Waals surface area (Å²) in [5.74, 6) is 1.76. The lowest BCUT2D eigenvalue weighted by molar-refractivity contribution is 0.455. The number of hydrogen-bond donors (Lipinski definition) is 0. The minimum Gasteiger partial charge on any atom is -0.455 e. The van der Waals surface area contributed by atoms with Gasteiger partial charge in [-0.05, 0) is 117 Å². The lowest BCUT2D eigenvalue weighted by atomic mass is 9.45. The zero-order valence-corrected chi connectivity index (χ0v) is 41.0. The number of hydrogen-bond acceptors (Lipinski definition) is 5. The van der Waals surface area contributed by atoms with Gasteiger partial charge in [0.05, 0.1) is 26.0 Å². The van der Waals surface area contributed by atoms with E-state index in [0.29, 0.717) is 0 Å². The van der Waals surface area contributed by atoms with Crippen LogP contribution in [0.3, 0.4) is 0 Å². The molecule has 0 bridgehead atoms. The van der Waals surface area contributed by atoms with Crippen molar-refractivity contribution in [2.75, 3.05) is 9.80 Å². The van der Waals surface area contributed by atoms with Crippen molar-refractivity contribution in [1.29, 1.82) is 0 Å². The zero-order chi connectivity index (χ0) is 47.1. The van der Waals surface area contributed by atoms with E-state index in [9.17, 15) is 0 Å². The first-order valence-electron chi connectivity index (χ1n) is 24.4. The second-order valence-corrected chi connectivity index (χ2v) is 22.1. The van der Waals surface area contributed by atoms with Crippen molar-refractivity contribution < 1.29 is 4.74 Å². The van der Waals surface area contributed by atoms with Crippen LogP contribution in [0.2, 0.25) is 0 Å². The molecule has 0 saturated heterocycles. The summed E-state index contributed by atoms with van der Waals surface area (Å²) in [6.07, 6.45) is 0. The van der Waals surface area contributed by atoms with E-state index >= 15 is 0 Å². The van der Waals surface area contributed by atoms with Gasteiger partial charge in [-0.3, -0.25) is 0 Å². The van der Waals surface area contributed by atoms with Gasteiger partial charge in [0.25, 0.3) is 0 Å². The topological polar surface area (TPSA) is 20.6 Å². The smallest absolute Gasteiger partial charge is 0.333 e. The highest BCUT2D eigenvalue weighted by molar-refractivity contribution is 7.99. The normalized spacial score (nSPS) is 13.3. The SMILES string of the molecule is CC(C)(C)c1ccc(N2c3cc4c(cc3B3c5c2cc2ccccc2c5-c2ccc(N(c5ccccc5)c5ccccc5)c5c6c7ccccc7sc6n3c25)Sc2ccccc2O4)c(-c2ccccc2)c1. The first-order valence-corrected chi connectivity index (χ1v) is 26.1. The van der Waals surface area contributed by atoms with Crippen LogP contribution >= 0.6 is 23.1 Å². The van der Waals surface area contributed by atoms with Crippen molar-refractivity contribution in [2.24, 2.45) is 0 Å². The lowest BCUT2D eigenvalue weighted by Gasteiger charge is -2.42. The van der Waals surface area contributed by atoms with Crippen molar-refractivity contribution in [3.05, 3.63) is 218 Å². The predicted octanol–water partition coefficient (Wildman–Crippen LogP) is 17.3. The van der Waals surface area contributed by atoms with Crippen molar-refractivity contribution >= 4 is 117 Å². The number of anilines is 6. The fourth-order valence-electron chi connectivity index (χ4n) is 11.8. The van der Waals surface area contributed by atoms with Gasteiger partial charge in [0, 0.05) is 66.3 Å². The minimum absolute atomic E-state index is 0.0544. The quantitative estimate of drug-likeness (QED) is 0.160. The van der Waals surface area contributed by atoms with Crippen molar-refractivity contribution in [3.8, 4) is 33.8 Å². The number of thiophene rings is 1. The van der Waals surface area contributed by atoms with Gasteiger partial charge in [-0.15, -0.1) is 11.3 Å². The van der Waals surface area contributed by atoms with E-state index in [1.54, 1.807) is 0 Å². The summed E-state index contributed by atoms with van der Waals surface area (Å²) in [5, 5.41) is 6.31. The summed E-state index contributed by atoms with van der Waals surface area (Å²) in [7, 11) is 0. The molecule has 0 aliphatic carbocycles. The van der Waals surface area contributed by atoms with E-state index in [0.717, 1.165) is 49.7 Å². The molecule has 336 valence electrons. The summed E-state index contributed by atoms with van der Waals surface area (Å²) in [5.41, 5.74) is 16.8. The molecule has 3 aliphatic rings. The Kier molecular flexibility index (Phi) is 8.79. The zero-order valence-electron chi connectivity index (χ0n) is 39.4. The molecule has 0 amide bonds. The molecule has 3 aliphatic heterocycles. The van der Waals surface area contributed by atoms with Gasteiger partial charge in [0.1, 0.15) is 11.5 Å². The van der Waals surface area contributed by atoms with Crippen LogP contribution in [0.25, 0.3) is 64.2 Å². The summed E-state index contributed by atoms with van der Waals surface area (Å²) in [6, 6.07) is 78.5. The molecule has 0 atom stereocenters. The fourth-order valence-corrected chi connectivity index (χ4v) is 14.0. The van der Waals surface area contributed by atoms with E-state index in [1.807, 2.05) is 23.1 Å². The fraction of sp³-hybridized carbons (Fsp3) is 0.0625. The van der Waals surface area contributed by atoms with Crippen molar-refractivity contribution in [3.63, 3.8) is 0 Å². The van der Waals surface area contributed by atoms with Crippen molar-refractivity contribution in [1.82, 2.24) is 4.48 Å². The first kappa shape index (κ1) is 40.9. The van der Waals surface area contributed by atoms with Crippen LogP contribution in [0.5, 0.6) is 11.5 Å². The molecular formula is C64H44BN3OS2. The molecular weight excluding hydrogens is 902 g/mol. The Morgan fingerprint density at radius 3 is 2.00 bits per heavy atom. The summed E-state index contributed by atoms with van der Waals surface area (Å²) < 4.78 is 11.0. The third-order valence-corrected chi connectivity index (χ3v) is 17.2. The summed E-state index contributed by atoms with van der Waals surface area (Å²) >= 11 is 3.72. The van der Waals surface area contributed by atoms with Gasteiger partial charge >= 0.3 is 6.85 Å². The molecule has 2 aromatic heterocycles. The Bertz CT molecular complexity index is 4140. The predicted molar refractivity (Wildman–Crippen MR) is 302 cm³/mol. The summed E-state index contributed by atoms with van der Waals surface area (Å²) in [6.45, 7) is 6.76. The number of ether oxygens (including phenoxy) is 1. The van der Waals surface area contributed by atoms with Crippen LogP contribution in [0.15, 0.2) is 222 Å². The number of benzene rings is 10. The molecule has 0 saturated carbocycles. The molecule has 7 heteroatoms. The molecule has 0 spiro atoms. The van der Waals surface area contributed by atoms with Crippen LogP contribution in [-0.4, -0.2) is 11.3 Å².